The smallest absolute Gasteiger partial charge is 0.0247 e. The summed E-state index contributed by atoms with van der Waals surface area (Å²) in [6.45, 7) is 12.6. The minimum absolute atomic E-state index is 1.10. The average molecular weight is 178 g/mol. The van der Waals surface area contributed by atoms with E-state index in [1.165, 1.54) is 23.1 Å². The molecule has 0 atom stereocenters. The summed E-state index contributed by atoms with van der Waals surface area (Å²) >= 11 is 0. The zero-order chi connectivity index (χ0) is 10.3. The maximum absolute atomic E-state index is 4.00. The molecule has 0 aliphatic rings. The van der Waals surface area contributed by atoms with Crippen LogP contribution in [0.5, 0.6) is 0 Å². The van der Waals surface area contributed by atoms with Crippen molar-refractivity contribution in [2.45, 2.75) is 47.0 Å². The molecule has 0 unspecified atom stereocenters. The van der Waals surface area contributed by atoms with Crippen LogP contribution in [0.25, 0.3) is 0 Å². The van der Waals surface area contributed by atoms with Crippen molar-refractivity contribution in [2.24, 2.45) is 0 Å². The van der Waals surface area contributed by atoms with Crippen LogP contribution in [0.4, 0.5) is 0 Å². The highest BCUT2D eigenvalue weighted by Crippen LogP contribution is 2.18. The summed E-state index contributed by atoms with van der Waals surface area (Å²) in [7, 11) is 0. The van der Waals surface area contributed by atoms with Crippen LogP contribution in [-0.2, 0) is 0 Å². The Hall–Kier alpha value is -0.780. The van der Waals surface area contributed by atoms with Gasteiger partial charge in [0, 0.05) is 0 Å². The molecule has 0 aliphatic carbocycles. The van der Waals surface area contributed by atoms with E-state index in [4.69, 9.17) is 0 Å². The molecule has 0 nitrogen and oxygen atoms in total. The third-order valence-electron chi connectivity index (χ3n) is 2.03. The summed E-state index contributed by atoms with van der Waals surface area (Å²) in [5.41, 5.74) is 3.88. The van der Waals surface area contributed by atoms with E-state index >= 15 is 0 Å². The van der Waals surface area contributed by atoms with E-state index in [1.807, 2.05) is 0 Å². The molecule has 0 fully saturated rings. The van der Waals surface area contributed by atoms with Crippen molar-refractivity contribution >= 4 is 0 Å². The van der Waals surface area contributed by atoms with E-state index in [-0.39, 0.29) is 0 Å². The van der Waals surface area contributed by atoms with Gasteiger partial charge in [-0.1, -0.05) is 44.6 Å². The lowest BCUT2D eigenvalue weighted by Gasteiger charge is -2.07. The van der Waals surface area contributed by atoms with E-state index in [0.29, 0.717) is 0 Å². The van der Waals surface area contributed by atoms with Gasteiger partial charge in [0.05, 0.1) is 0 Å². The fourth-order valence-corrected chi connectivity index (χ4v) is 1.38. The van der Waals surface area contributed by atoms with Crippen molar-refractivity contribution < 1.29 is 0 Å². The summed E-state index contributed by atoms with van der Waals surface area (Å²) in [6, 6.07) is 0. The average Bonchev–Trinajstić information content (AvgIpc) is 2.05. The van der Waals surface area contributed by atoms with Crippen LogP contribution >= 0.6 is 0 Å². The lowest BCUT2D eigenvalue weighted by atomic mass is 9.99. The third-order valence-corrected chi connectivity index (χ3v) is 2.03. The number of hydrogen-bond donors (Lipinski definition) is 0. The van der Waals surface area contributed by atoms with Gasteiger partial charge in [-0.25, -0.2) is 0 Å². The minimum Gasteiger partial charge on any atom is -0.0955 e. The van der Waals surface area contributed by atoms with Crippen LogP contribution < -0.4 is 0 Å². The Balaban J connectivity index is 4.60. The van der Waals surface area contributed by atoms with E-state index in [2.05, 4.69) is 46.4 Å². The van der Waals surface area contributed by atoms with Crippen molar-refractivity contribution in [1.82, 2.24) is 0 Å². The highest BCUT2D eigenvalue weighted by atomic mass is 14.0. The van der Waals surface area contributed by atoms with Crippen molar-refractivity contribution in [3.05, 3.63) is 35.5 Å². The Morgan fingerprint density at radius 3 is 2.15 bits per heavy atom. The molecule has 74 valence electrons. The summed E-state index contributed by atoms with van der Waals surface area (Å²) in [5, 5.41) is 0. The van der Waals surface area contributed by atoms with Crippen molar-refractivity contribution in [2.75, 3.05) is 0 Å². The molecular formula is C13H22. The summed E-state index contributed by atoms with van der Waals surface area (Å²) in [4.78, 5) is 0. The lowest BCUT2D eigenvalue weighted by Crippen LogP contribution is -1.87. The summed E-state index contributed by atoms with van der Waals surface area (Å²) in [5.74, 6) is 0. The molecule has 13 heavy (non-hydrogen) atoms. The quantitative estimate of drug-likeness (QED) is 0.538. The van der Waals surface area contributed by atoms with Gasteiger partial charge in [0.25, 0.3) is 0 Å². The molecule has 0 spiro atoms. The second kappa shape index (κ2) is 6.71. The van der Waals surface area contributed by atoms with Crippen LogP contribution in [-0.4, -0.2) is 0 Å². The molecule has 0 aromatic carbocycles. The maximum Gasteiger partial charge on any atom is -0.0247 e. The third kappa shape index (κ3) is 4.72. The Labute approximate surface area is 83.0 Å². The molecule has 0 saturated carbocycles. The van der Waals surface area contributed by atoms with Gasteiger partial charge in [-0.2, -0.15) is 0 Å². The molecule has 0 heterocycles. The molecule has 0 heteroatoms. The molecule has 0 bridgehead atoms. The SMILES string of the molecule is C=C(C)C(=C/CCC)/C(C)=C\CC. The van der Waals surface area contributed by atoms with E-state index in [9.17, 15) is 0 Å². The predicted octanol–water partition coefficient (Wildman–Crippen LogP) is 4.65. The van der Waals surface area contributed by atoms with Gasteiger partial charge < -0.3 is 0 Å². The molecule has 0 amide bonds. The first kappa shape index (κ1) is 12.2. The van der Waals surface area contributed by atoms with Gasteiger partial charge in [0.2, 0.25) is 0 Å². The van der Waals surface area contributed by atoms with Gasteiger partial charge in [0.15, 0.2) is 0 Å². The zero-order valence-electron chi connectivity index (χ0n) is 9.48. The van der Waals surface area contributed by atoms with Crippen molar-refractivity contribution in [3.63, 3.8) is 0 Å². The molecule has 0 N–H and O–H groups in total. The van der Waals surface area contributed by atoms with E-state index < -0.39 is 0 Å². The van der Waals surface area contributed by atoms with Crippen LogP contribution in [0.1, 0.15) is 47.0 Å². The van der Waals surface area contributed by atoms with Gasteiger partial charge in [-0.15, -0.1) is 0 Å². The molecule has 0 saturated heterocycles. The first-order valence-electron chi connectivity index (χ1n) is 5.16. The topological polar surface area (TPSA) is 0 Å². The molecule has 0 radical (unpaired) electrons. The molecule has 0 aromatic rings. The summed E-state index contributed by atoms with van der Waals surface area (Å²) in [6.07, 6.45) is 8.01. The highest BCUT2D eigenvalue weighted by molar-refractivity contribution is 5.43. The Morgan fingerprint density at radius 2 is 1.77 bits per heavy atom. The Morgan fingerprint density at radius 1 is 1.15 bits per heavy atom. The molecule has 0 aliphatic heterocycles. The Bertz CT molecular complexity index is 216. The van der Waals surface area contributed by atoms with E-state index in [1.54, 1.807) is 0 Å². The number of unbranched alkanes of at least 4 members (excludes halogenated alkanes) is 1. The van der Waals surface area contributed by atoms with Crippen LogP contribution in [0.15, 0.2) is 35.5 Å². The largest absolute Gasteiger partial charge is 0.0955 e. The van der Waals surface area contributed by atoms with Crippen molar-refractivity contribution in [1.29, 1.82) is 0 Å². The van der Waals surface area contributed by atoms with Gasteiger partial charge in [-0.3, -0.25) is 0 Å². The number of rotatable bonds is 5. The fraction of sp³-hybridized carbons (Fsp3) is 0.538. The second-order valence-corrected chi connectivity index (χ2v) is 3.48. The number of allylic oxidation sites excluding steroid dienone is 5. The summed E-state index contributed by atoms with van der Waals surface area (Å²) < 4.78 is 0. The van der Waals surface area contributed by atoms with Gasteiger partial charge in [0.1, 0.15) is 0 Å². The normalized spacial score (nSPS) is 13.2. The van der Waals surface area contributed by atoms with Crippen LogP contribution in [0, 0.1) is 0 Å². The van der Waals surface area contributed by atoms with Crippen molar-refractivity contribution in [3.8, 4) is 0 Å². The maximum atomic E-state index is 4.00. The predicted molar refractivity (Wildman–Crippen MR) is 61.9 cm³/mol. The van der Waals surface area contributed by atoms with E-state index in [0.717, 1.165) is 12.8 Å². The molecular weight excluding hydrogens is 156 g/mol. The first-order chi connectivity index (χ1) is 6.13. The molecule has 0 rings (SSSR count). The fourth-order valence-electron chi connectivity index (χ4n) is 1.38. The standard InChI is InChI=1S/C13H22/c1-6-8-10-13(11(3)4)12(5)9-7-2/h9-10H,3,6-8H2,1-2,4-5H3/b12-9-,13-10-. The number of hydrogen-bond acceptors (Lipinski definition) is 0. The second-order valence-electron chi connectivity index (χ2n) is 3.48. The Kier molecular flexibility index (Phi) is 6.30. The minimum atomic E-state index is 1.10. The van der Waals surface area contributed by atoms with Crippen LogP contribution in [0.3, 0.4) is 0 Å². The molecule has 0 aromatic heterocycles. The zero-order valence-corrected chi connectivity index (χ0v) is 9.48. The van der Waals surface area contributed by atoms with Crippen LogP contribution in [0.2, 0.25) is 0 Å². The van der Waals surface area contributed by atoms with Gasteiger partial charge >= 0.3 is 0 Å². The monoisotopic (exact) mass is 178 g/mol. The lowest BCUT2D eigenvalue weighted by molar-refractivity contribution is 0.950. The highest BCUT2D eigenvalue weighted by Gasteiger charge is 1.98. The van der Waals surface area contributed by atoms with Gasteiger partial charge in [-0.05, 0) is 37.8 Å². The first-order valence-corrected chi connectivity index (χ1v) is 5.16.